The first-order valence-electron chi connectivity index (χ1n) is 12.6. The van der Waals surface area contributed by atoms with Crippen LogP contribution in [0.2, 0.25) is 5.02 Å². The molecule has 1 aliphatic heterocycles. The molecule has 1 saturated carbocycles. The molecular weight excluding hydrogens is 484 g/mol. The summed E-state index contributed by atoms with van der Waals surface area (Å²) in [5.74, 6) is -1.70. The minimum atomic E-state index is -0.921. The summed E-state index contributed by atoms with van der Waals surface area (Å²) < 4.78 is 5.52. The number of ether oxygens (including phenoxy) is 1. The van der Waals surface area contributed by atoms with E-state index in [4.69, 9.17) is 16.3 Å². The number of nitrogens with one attached hydrogen (secondary N) is 2. The van der Waals surface area contributed by atoms with Gasteiger partial charge in [0.1, 0.15) is 11.6 Å². The van der Waals surface area contributed by atoms with Crippen LogP contribution in [0.4, 0.5) is 4.79 Å². The Balaban J connectivity index is 1.76. The number of rotatable bonds is 9. The molecule has 198 valence electrons. The van der Waals surface area contributed by atoms with Gasteiger partial charge in [-0.05, 0) is 57.7 Å². The number of benzene rings is 1. The van der Waals surface area contributed by atoms with Crippen LogP contribution in [-0.2, 0) is 25.7 Å². The predicted octanol–water partition coefficient (Wildman–Crippen LogP) is 2.89. The zero-order chi connectivity index (χ0) is 26.5. The number of carbonyl (C=O) groups excluding carboxylic acids is 4. The summed E-state index contributed by atoms with van der Waals surface area (Å²) in [6.07, 6.45) is 2.22. The van der Waals surface area contributed by atoms with Crippen molar-refractivity contribution in [1.82, 2.24) is 20.4 Å². The SMILES string of the molecule is CCC[C@H](NC(=O)[C@H]1CN(C(=O)OC(C)(C)C)CCN1Cc1ccc(Cl)cc1)C(=O)C(=O)NC1CC1. The topological polar surface area (TPSA) is 108 Å². The molecule has 2 aliphatic rings. The Bertz CT molecular complexity index is 958. The van der Waals surface area contributed by atoms with Crippen molar-refractivity contribution < 1.29 is 23.9 Å². The molecule has 10 heteroatoms. The van der Waals surface area contributed by atoms with Crippen molar-refractivity contribution in [1.29, 1.82) is 0 Å². The van der Waals surface area contributed by atoms with Gasteiger partial charge in [0, 0.05) is 37.2 Å². The summed E-state index contributed by atoms with van der Waals surface area (Å²) in [6, 6.07) is 5.77. The van der Waals surface area contributed by atoms with Gasteiger partial charge < -0.3 is 20.3 Å². The Morgan fingerprint density at radius 1 is 1.11 bits per heavy atom. The van der Waals surface area contributed by atoms with E-state index >= 15 is 0 Å². The van der Waals surface area contributed by atoms with Crippen molar-refractivity contribution >= 4 is 35.3 Å². The molecule has 9 nitrogen and oxygen atoms in total. The van der Waals surface area contributed by atoms with E-state index in [2.05, 4.69) is 10.6 Å². The highest BCUT2D eigenvalue weighted by Crippen LogP contribution is 2.20. The van der Waals surface area contributed by atoms with Crippen LogP contribution in [0.1, 0.15) is 58.9 Å². The molecule has 1 aromatic rings. The summed E-state index contributed by atoms with van der Waals surface area (Å²) in [4.78, 5) is 54.9. The van der Waals surface area contributed by atoms with E-state index in [-0.39, 0.29) is 12.6 Å². The molecule has 3 rings (SSSR count). The van der Waals surface area contributed by atoms with Gasteiger partial charge in [-0.1, -0.05) is 37.1 Å². The molecule has 1 saturated heterocycles. The van der Waals surface area contributed by atoms with Gasteiger partial charge in [-0.15, -0.1) is 0 Å². The standard InChI is InChI=1S/C26H37ClN4O5/c1-5-6-20(22(32)24(34)28-19-11-12-19)29-23(33)21-16-31(25(35)36-26(2,3)4)14-13-30(21)15-17-7-9-18(27)10-8-17/h7-10,19-21H,5-6,11-16H2,1-4H3,(H,28,34)(H,29,33)/t20-,21+/m0/s1. The molecular formula is C26H37ClN4O5. The van der Waals surface area contributed by atoms with Gasteiger partial charge in [-0.2, -0.15) is 0 Å². The van der Waals surface area contributed by atoms with Crippen LogP contribution >= 0.6 is 11.6 Å². The maximum Gasteiger partial charge on any atom is 0.410 e. The Hall–Kier alpha value is -2.65. The third-order valence-corrected chi connectivity index (χ3v) is 6.34. The van der Waals surface area contributed by atoms with E-state index in [1.165, 1.54) is 4.90 Å². The second-order valence-corrected chi connectivity index (χ2v) is 10.9. The monoisotopic (exact) mass is 520 g/mol. The molecule has 2 atom stereocenters. The molecule has 0 spiro atoms. The molecule has 2 fully saturated rings. The Kier molecular flexibility index (Phi) is 9.35. The summed E-state index contributed by atoms with van der Waals surface area (Å²) >= 11 is 6.02. The third kappa shape index (κ3) is 8.20. The Morgan fingerprint density at radius 2 is 1.78 bits per heavy atom. The van der Waals surface area contributed by atoms with Crippen LogP contribution in [-0.4, -0.2) is 76.9 Å². The normalized spacial score (nSPS) is 19.4. The summed E-state index contributed by atoms with van der Waals surface area (Å²) in [5, 5.41) is 6.13. The van der Waals surface area contributed by atoms with E-state index in [1.807, 2.05) is 24.0 Å². The van der Waals surface area contributed by atoms with Gasteiger partial charge >= 0.3 is 6.09 Å². The number of halogens is 1. The number of piperazine rings is 1. The highest BCUT2D eigenvalue weighted by molar-refractivity contribution is 6.38. The molecule has 1 aromatic carbocycles. The molecule has 2 N–H and O–H groups in total. The van der Waals surface area contributed by atoms with Crippen LogP contribution < -0.4 is 10.6 Å². The number of hydrogen-bond donors (Lipinski definition) is 2. The third-order valence-electron chi connectivity index (χ3n) is 6.09. The molecule has 1 heterocycles. The molecule has 3 amide bonds. The Labute approximate surface area is 217 Å². The molecule has 36 heavy (non-hydrogen) atoms. The molecule has 0 aromatic heterocycles. The van der Waals surface area contributed by atoms with E-state index < -0.39 is 41.4 Å². The van der Waals surface area contributed by atoms with Crippen molar-refractivity contribution in [2.45, 2.75) is 83.6 Å². The first-order chi connectivity index (χ1) is 17.0. The average Bonchev–Trinajstić information content (AvgIpc) is 3.62. The number of ketones is 1. The molecule has 0 unspecified atom stereocenters. The second kappa shape index (κ2) is 12.1. The summed E-state index contributed by atoms with van der Waals surface area (Å²) in [5.41, 5.74) is 0.302. The number of hydrogen-bond acceptors (Lipinski definition) is 6. The lowest BCUT2D eigenvalue weighted by Crippen LogP contribution is -2.62. The van der Waals surface area contributed by atoms with Crippen molar-refractivity contribution in [3.05, 3.63) is 34.9 Å². The van der Waals surface area contributed by atoms with E-state index in [0.717, 1.165) is 18.4 Å². The lowest BCUT2D eigenvalue weighted by atomic mass is 10.0. The number of amides is 3. The van der Waals surface area contributed by atoms with Gasteiger partial charge in [0.2, 0.25) is 11.7 Å². The first-order valence-corrected chi connectivity index (χ1v) is 13.0. The quantitative estimate of drug-likeness (QED) is 0.485. The smallest absolute Gasteiger partial charge is 0.410 e. The fourth-order valence-electron chi connectivity index (χ4n) is 4.04. The lowest BCUT2D eigenvalue weighted by molar-refractivity contribution is -0.141. The minimum absolute atomic E-state index is 0.0510. The number of Topliss-reactive ketones (excluding diaryl/α,β-unsaturated/α-hetero) is 1. The largest absolute Gasteiger partial charge is 0.444 e. The number of carbonyl (C=O) groups is 4. The van der Waals surface area contributed by atoms with Gasteiger partial charge in [0.05, 0.1) is 6.04 Å². The van der Waals surface area contributed by atoms with Gasteiger partial charge in [0.15, 0.2) is 0 Å². The fourth-order valence-corrected chi connectivity index (χ4v) is 4.17. The Morgan fingerprint density at radius 3 is 2.36 bits per heavy atom. The lowest BCUT2D eigenvalue weighted by Gasteiger charge is -2.41. The first kappa shape index (κ1) is 27.9. The number of nitrogens with zero attached hydrogens (tertiary/aromatic N) is 2. The van der Waals surface area contributed by atoms with Gasteiger partial charge in [-0.3, -0.25) is 19.3 Å². The van der Waals surface area contributed by atoms with E-state index in [1.54, 1.807) is 32.9 Å². The highest BCUT2D eigenvalue weighted by atomic mass is 35.5. The maximum atomic E-state index is 13.5. The zero-order valence-corrected chi connectivity index (χ0v) is 22.3. The van der Waals surface area contributed by atoms with E-state index in [9.17, 15) is 19.2 Å². The van der Waals surface area contributed by atoms with Crippen LogP contribution in [0, 0.1) is 0 Å². The van der Waals surface area contributed by atoms with Gasteiger partial charge in [0.25, 0.3) is 5.91 Å². The van der Waals surface area contributed by atoms with Crippen LogP contribution in [0.5, 0.6) is 0 Å². The van der Waals surface area contributed by atoms with Crippen molar-refractivity contribution in [3.63, 3.8) is 0 Å². The predicted molar refractivity (Wildman–Crippen MR) is 136 cm³/mol. The van der Waals surface area contributed by atoms with Crippen molar-refractivity contribution in [2.24, 2.45) is 0 Å². The summed E-state index contributed by atoms with van der Waals surface area (Å²) in [6.45, 7) is 8.67. The maximum absolute atomic E-state index is 13.5. The van der Waals surface area contributed by atoms with Crippen LogP contribution in [0.3, 0.4) is 0 Å². The second-order valence-electron chi connectivity index (χ2n) is 10.5. The fraction of sp³-hybridized carbons (Fsp3) is 0.615. The molecule has 0 bridgehead atoms. The molecule has 1 aliphatic carbocycles. The van der Waals surface area contributed by atoms with E-state index in [0.29, 0.717) is 37.5 Å². The van der Waals surface area contributed by atoms with Crippen molar-refractivity contribution in [3.8, 4) is 0 Å². The highest BCUT2D eigenvalue weighted by Gasteiger charge is 2.38. The van der Waals surface area contributed by atoms with Crippen molar-refractivity contribution in [2.75, 3.05) is 19.6 Å². The minimum Gasteiger partial charge on any atom is -0.444 e. The molecule has 0 radical (unpaired) electrons. The zero-order valence-electron chi connectivity index (χ0n) is 21.5. The van der Waals surface area contributed by atoms with Crippen LogP contribution in [0.25, 0.3) is 0 Å². The van der Waals surface area contributed by atoms with Crippen LogP contribution in [0.15, 0.2) is 24.3 Å². The average molecular weight is 521 g/mol. The summed E-state index contributed by atoms with van der Waals surface area (Å²) in [7, 11) is 0. The van der Waals surface area contributed by atoms with Gasteiger partial charge in [-0.25, -0.2) is 4.79 Å².